The molecule has 60 valence electrons. The quantitative estimate of drug-likeness (QED) is 0.523. The van der Waals surface area contributed by atoms with E-state index in [2.05, 4.69) is 34.3 Å². The molecule has 0 fully saturated rings. The largest absolute Gasteiger partial charge is 0.0996 e. The average Bonchev–Trinajstić information content (AvgIpc) is 1.88. The minimum Gasteiger partial charge on any atom is -0.0996 e. The third-order valence-corrected chi connectivity index (χ3v) is 2.22. The first-order chi connectivity index (χ1) is 4.63. The Kier molecular flexibility index (Phi) is 4.42. The molecule has 0 heteroatoms. The monoisotopic (exact) mass is 140 g/mol. The molecule has 1 atom stereocenters. The van der Waals surface area contributed by atoms with E-state index in [0.29, 0.717) is 0 Å². The summed E-state index contributed by atoms with van der Waals surface area (Å²) in [5.74, 6) is 1.50. The predicted octanol–water partition coefficient (Wildman–Crippen LogP) is 3.63. The van der Waals surface area contributed by atoms with Crippen molar-refractivity contribution in [1.29, 1.82) is 0 Å². The lowest BCUT2D eigenvalue weighted by Crippen LogP contribution is -2.09. The summed E-state index contributed by atoms with van der Waals surface area (Å²) in [4.78, 5) is 0. The maximum absolute atomic E-state index is 4.07. The molecule has 0 aromatic rings. The zero-order chi connectivity index (χ0) is 8.15. The second-order valence-corrected chi connectivity index (χ2v) is 3.27. The molecule has 0 saturated heterocycles. The molecule has 0 saturated carbocycles. The average molecular weight is 140 g/mol. The molecule has 0 heterocycles. The van der Waals surface area contributed by atoms with Crippen molar-refractivity contribution in [2.45, 2.75) is 40.5 Å². The first-order valence-electron chi connectivity index (χ1n) is 4.31. The molecule has 0 aromatic carbocycles. The van der Waals surface area contributed by atoms with E-state index < -0.39 is 0 Å². The van der Waals surface area contributed by atoms with Crippen LogP contribution in [0.15, 0.2) is 12.2 Å². The molecule has 0 aliphatic heterocycles. The van der Waals surface area contributed by atoms with Crippen molar-refractivity contribution < 1.29 is 0 Å². The molecule has 0 N–H and O–H groups in total. The zero-order valence-electron chi connectivity index (χ0n) is 7.78. The van der Waals surface area contributed by atoms with E-state index in [1.165, 1.54) is 12.0 Å². The van der Waals surface area contributed by atoms with E-state index in [9.17, 15) is 0 Å². The van der Waals surface area contributed by atoms with Crippen molar-refractivity contribution in [2.24, 2.45) is 11.8 Å². The van der Waals surface area contributed by atoms with E-state index in [0.717, 1.165) is 18.3 Å². The Hall–Kier alpha value is -0.260. The molecule has 0 rings (SSSR count). The SMILES string of the molecule is C=C(CC)[C@H](CC)C(C)C. The lowest BCUT2D eigenvalue weighted by Gasteiger charge is -2.20. The second-order valence-electron chi connectivity index (χ2n) is 3.27. The van der Waals surface area contributed by atoms with Gasteiger partial charge in [0.05, 0.1) is 0 Å². The van der Waals surface area contributed by atoms with Gasteiger partial charge in [-0.25, -0.2) is 0 Å². The Morgan fingerprint density at radius 2 is 1.80 bits per heavy atom. The third kappa shape index (κ3) is 2.55. The normalized spacial score (nSPS) is 13.7. The van der Waals surface area contributed by atoms with Crippen LogP contribution in [0.1, 0.15) is 40.5 Å². The summed E-state index contributed by atoms with van der Waals surface area (Å²) in [6, 6.07) is 0. The molecule has 0 aliphatic rings. The van der Waals surface area contributed by atoms with Crippen LogP contribution in [0.25, 0.3) is 0 Å². The maximum atomic E-state index is 4.07. The van der Waals surface area contributed by atoms with Crippen molar-refractivity contribution in [3.8, 4) is 0 Å². The van der Waals surface area contributed by atoms with Gasteiger partial charge in [0.25, 0.3) is 0 Å². The number of rotatable bonds is 4. The minimum absolute atomic E-state index is 0.741. The summed E-state index contributed by atoms with van der Waals surface area (Å²) in [5, 5.41) is 0. The van der Waals surface area contributed by atoms with Crippen LogP contribution < -0.4 is 0 Å². The standard InChI is InChI=1S/C10H20/c1-6-9(5)10(7-2)8(3)4/h8,10H,5-7H2,1-4H3/t10-/m1/s1. The maximum Gasteiger partial charge on any atom is -0.0186 e. The predicted molar refractivity (Wildman–Crippen MR) is 48.1 cm³/mol. The lowest BCUT2D eigenvalue weighted by atomic mass is 9.86. The molecule has 0 spiro atoms. The van der Waals surface area contributed by atoms with E-state index in [1.54, 1.807) is 0 Å². The molecule has 0 nitrogen and oxygen atoms in total. The number of hydrogen-bond donors (Lipinski definition) is 0. The molecular weight excluding hydrogens is 120 g/mol. The highest BCUT2D eigenvalue weighted by Gasteiger charge is 2.12. The molecular formula is C10H20. The topological polar surface area (TPSA) is 0 Å². The number of allylic oxidation sites excluding steroid dienone is 1. The van der Waals surface area contributed by atoms with Crippen LogP contribution in [0.2, 0.25) is 0 Å². The van der Waals surface area contributed by atoms with E-state index in [1.807, 2.05) is 0 Å². The van der Waals surface area contributed by atoms with Crippen molar-refractivity contribution in [1.82, 2.24) is 0 Å². The fourth-order valence-electron chi connectivity index (χ4n) is 1.49. The Balaban J connectivity index is 3.93. The van der Waals surface area contributed by atoms with Gasteiger partial charge in [0.2, 0.25) is 0 Å². The molecule has 0 aromatic heterocycles. The number of hydrogen-bond acceptors (Lipinski definition) is 0. The molecule has 0 aliphatic carbocycles. The van der Waals surface area contributed by atoms with Gasteiger partial charge in [0.1, 0.15) is 0 Å². The van der Waals surface area contributed by atoms with Crippen LogP contribution in [0.5, 0.6) is 0 Å². The van der Waals surface area contributed by atoms with E-state index >= 15 is 0 Å². The highest BCUT2D eigenvalue weighted by atomic mass is 14.2. The van der Waals surface area contributed by atoms with Crippen molar-refractivity contribution in [2.75, 3.05) is 0 Å². The highest BCUT2D eigenvalue weighted by Crippen LogP contribution is 2.24. The first kappa shape index (κ1) is 9.74. The van der Waals surface area contributed by atoms with Crippen LogP contribution in [-0.4, -0.2) is 0 Å². The molecule has 10 heavy (non-hydrogen) atoms. The van der Waals surface area contributed by atoms with Crippen molar-refractivity contribution in [3.63, 3.8) is 0 Å². The van der Waals surface area contributed by atoms with E-state index in [4.69, 9.17) is 0 Å². The van der Waals surface area contributed by atoms with Gasteiger partial charge in [0, 0.05) is 0 Å². The molecule has 0 bridgehead atoms. The summed E-state index contributed by atoms with van der Waals surface area (Å²) in [5.41, 5.74) is 1.41. The van der Waals surface area contributed by atoms with Gasteiger partial charge in [-0.15, -0.1) is 0 Å². The summed E-state index contributed by atoms with van der Waals surface area (Å²) < 4.78 is 0. The molecule has 0 amide bonds. The molecule has 0 radical (unpaired) electrons. The van der Waals surface area contributed by atoms with Crippen LogP contribution in [0, 0.1) is 11.8 Å². The smallest absolute Gasteiger partial charge is 0.0186 e. The Morgan fingerprint density at radius 1 is 1.30 bits per heavy atom. The Bertz CT molecular complexity index is 101. The second kappa shape index (κ2) is 4.54. The summed E-state index contributed by atoms with van der Waals surface area (Å²) in [7, 11) is 0. The zero-order valence-corrected chi connectivity index (χ0v) is 7.78. The Morgan fingerprint density at radius 3 is 1.90 bits per heavy atom. The van der Waals surface area contributed by atoms with E-state index in [-0.39, 0.29) is 0 Å². The van der Waals surface area contributed by atoms with Gasteiger partial charge >= 0.3 is 0 Å². The van der Waals surface area contributed by atoms with Crippen LogP contribution >= 0.6 is 0 Å². The van der Waals surface area contributed by atoms with Crippen molar-refractivity contribution in [3.05, 3.63) is 12.2 Å². The molecule has 0 unspecified atom stereocenters. The van der Waals surface area contributed by atoms with Gasteiger partial charge in [-0.2, -0.15) is 0 Å². The fourth-order valence-corrected chi connectivity index (χ4v) is 1.49. The van der Waals surface area contributed by atoms with Gasteiger partial charge in [-0.05, 0) is 24.7 Å². The van der Waals surface area contributed by atoms with Gasteiger partial charge in [0.15, 0.2) is 0 Å². The highest BCUT2D eigenvalue weighted by molar-refractivity contribution is 5.00. The van der Waals surface area contributed by atoms with Crippen LogP contribution in [0.3, 0.4) is 0 Å². The van der Waals surface area contributed by atoms with Gasteiger partial charge in [-0.1, -0.05) is 39.8 Å². The van der Waals surface area contributed by atoms with Crippen molar-refractivity contribution >= 4 is 0 Å². The third-order valence-electron chi connectivity index (χ3n) is 2.22. The minimum atomic E-state index is 0.741. The van der Waals surface area contributed by atoms with Crippen LogP contribution in [0.4, 0.5) is 0 Å². The van der Waals surface area contributed by atoms with Crippen LogP contribution in [-0.2, 0) is 0 Å². The van der Waals surface area contributed by atoms with Gasteiger partial charge < -0.3 is 0 Å². The fraction of sp³-hybridized carbons (Fsp3) is 0.800. The first-order valence-corrected chi connectivity index (χ1v) is 4.31. The van der Waals surface area contributed by atoms with Gasteiger partial charge in [-0.3, -0.25) is 0 Å². The lowest BCUT2D eigenvalue weighted by molar-refractivity contribution is 0.423. The summed E-state index contributed by atoms with van der Waals surface area (Å²) in [6.45, 7) is 13.0. The summed E-state index contributed by atoms with van der Waals surface area (Å²) >= 11 is 0. The summed E-state index contributed by atoms with van der Waals surface area (Å²) in [6.07, 6.45) is 2.38. The Labute approximate surface area is 65.3 Å².